The molecule has 1 fully saturated rings. The Balaban J connectivity index is 2.05. The van der Waals surface area contributed by atoms with Gasteiger partial charge in [0.05, 0.1) is 11.2 Å². The molecule has 3 rings (SSSR count). The van der Waals surface area contributed by atoms with Crippen LogP contribution in [0, 0.1) is 0 Å². The summed E-state index contributed by atoms with van der Waals surface area (Å²) in [6.07, 6.45) is 1.44. The van der Waals surface area contributed by atoms with Crippen molar-refractivity contribution >= 4 is 23.7 Å². The van der Waals surface area contributed by atoms with Crippen LogP contribution in [0.15, 0.2) is 29.0 Å². The minimum atomic E-state index is -0.399. The van der Waals surface area contributed by atoms with E-state index in [0.29, 0.717) is 0 Å². The molecule has 1 aromatic carbocycles. The van der Waals surface area contributed by atoms with Gasteiger partial charge in [-0.2, -0.15) is 0 Å². The second-order valence-corrected chi connectivity index (χ2v) is 5.63. The fourth-order valence-electron chi connectivity index (χ4n) is 2.07. The fraction of sp³-hybridized carbons (Fsp3) is 0.462. The molecular weight excluding hydrogens is 229 g/mol. The standard InChI is InChI=1S/C13H16BNO3/c1-12(2)13(3,4)18-14(17-12)9-6-5-7-10-11(9)15-8-16-10/h5-8H,1-4H3. The summed E-state index contributed by atoms with van der Waals surface area (Å²) in [7, 11) is -0.399. The summed E-state index contributed by atoms with van der Waals surface area (Å²) in [5.41, 5.74) is 1.78. The summed E-state index contributed by atoms with van der Waals surface area (Å²) < 4.78 is 17.3. The largest absolute Gasteiger partial charge is 0.497 e. The molecule has 0 N–H and O–H groups in total. The highest BCUT2D eigenvalue weighted by Gasteiger charge is 2.52. The van der Waals surface area contributed by atoms with E-state index in [-0.39, 0.29) is 11.2 Å². The highest BCUT2D eigenvalue weighted by Crippen LogP contribution is 2.36. The zero-order valence-electron chi connectivity index (χ0n) is 11.1. The van der Waals surface area contributed by atoms with Crippen molar-refractivity contribution in [3.8, 4) is 0 Å². The van der Waals surface area contributed by atoms with E-state index in [1.807, 2.05) is 45.9 Å². The Labute approximate surface area is 106 Å². The van der Waals surface area contributed by atoms with Gasteiger partial charge in [0.25, 0.3) is 0 Å². The van der Waals surface area contributed by atoms with Crippen molar-refractivity contribution < 1.29 is 13.7 Å². The average Bonchev–Trinajstić information content (AvgIpc) is 2.81. The van der Waals surface area contributed by atoms with Crippen molar-refractivity contribution in [3.63, 3.8) is 0 Å². The third-order valence-electron chi connectivity index (χ3n) is 3.90. The molecule has 0 amide bonds. The number of para-hydroxylation sites is 1. The van der Waals surface area contributed by atoms with Gasteiger partial charge >= 0.3 is 7.12 Å². The van der Waals surface area contributed by atoms with Gasteiger partial charge in [-0.3, -0.25) is 0 Å². The van der Waals surface area contributed by atoms with Crippen LogP contribution in [0.1, 0.15) is 27.7 Å². The lowest BCUT2D eigenvalue weighted by molar-refractivity contribution is 0.00578. The Kier molecular flexibility index (Phi) is 2.34. The Morgan fingerprint density at radius 3 is 2.39 bits per heavy atom. The van der Waals surface area contributed by atoms with Crippen molar-refractivity contribution in [2.75, 3.05) is 0 Å². The summed E-state index contributed by atoms with van der Waals surface area (Å²) >= 11 is 0. The molecular formula is C13H16BNO3. The van der Waals surface area contributed by atoms with Crippen molar-refractivity contribution in [3.05, 3.63) is 24.6 Å². The summed E-state index contributed by atoms with van der Waals surface area (Å²) in [5.74, 6) is 0. The molecule has 1 saturated heterocycles. The second kappa shape index (κ2) is 3.59. The van der Waals surface area contributed by atoms with Crippen LogP contribution in [0.2, 0.25) is 0 Å². The maximum atomic E-state index is 6.02. The van der Waals surface area contributed by atoms with Crippen LogP contribution in [0.5, 0.6) is 0 Å². The third-order valence-corrected chi connectivity index (χ3v) is 3.90. The number of oxazole rings is 1. The van der Waals surface area contributed by atoms with Crippen LogP contribution < -0.4 is 5.46 Å². The Morgan fingerprint density at radius 1 is 1.06 bits per heavy atom. The molecule has 0 atom stereocenters. The molecule has 94 valence electrons. The van der Waals surface area contributed by atoms with E-state index in [9.17, 15) is 0 Å². The zero-order valence-corrected chi connectivity index (χ0v) is 11.1. The van der Waals surface area contributed by atoms with Gasteiger partial charge in [0.1, 0.15) is 5.52 Å². The molecule has 1 aromatic heterocycles. The Morgan fingerprint density at radius 2 is 1.72 bits per heavy atom. The van der Waals surface area contributed by atoms with Crippen LogP contribution in [0.4, 0.5) is 0 Å². The summed E-state index contributed by atoms with van der Waals surface area (Å²) in [5, 5.41) is 0. The number of hydrogen-bond acceptors (Lipinski definition) is 4. The molecule has 2 aromatic rings. The zero-order chi connectivity index (χ0) is 13.0. The molecule has 18 heavy (non-hydrogen) atoms. The van der Waals surface area contributed by atoms with Gasteiger partial charge in [-0.1, -0.05) is 12.1 Å². The lowest BCUT2D eigenvalue weighted by atomic mass is 9.78. The number of hydrogen-bond donors (Lipinski definition) is 0. The number of fused-ring (bicyclic) bond motifs is 1. The van der Waals surface area contributed by atoms with Crippen LogP contribution in [-0.4, -0.2) is 23.3 Å². The molecule has 0 spiro atoms. The first-order valence-corrected chi connectivity index (χ1v) is 6.08. The molecule has 0 radical (unpaired) electrons. The number of rotatable bonds is 1. The monoisotopic (exact) mass is 245 g/mol. The molecule has 0 bridgehead atoms. The van der Waals surface area contributed by atoms with Gasteiger partial charge in [-0.15, -0.1) is 0 Å². The highest BCUT2D eigenvalue weighted by molar-refractivity contribution is 6.64. The van der Waals surface area contributed by atoms with E-state index in [2.05, 4.69) is 4.98 Å². The molecule has 0 unspecified atom stereocenters. The SMILES string of the molecule is CC1(C)OB(c2cccc3ocnc23)OC1(C)C. The molecule has 0 saturated carbocycles. The van der Waals surface area contributed by atoms with Crippen molar-refractivity contribution in [1.82, 2.24) is 4.98 Å². The first-order valence-electron chi connectivity index (χ1n) is 6.08. The number of aromatic nitrogens is 1. The lowest BCUT2D eigenvalue weighted by Crippen LogP contribution is -2.41. The van der Waals surface area contributed by atoms with Crippen LogP contribution in [0.25, 0.3) is 11.1 Å². The van der Waals surface area contributed by atoms with Gasteiger partial charge in [-0.05, 0) is 33.8 Å². The predicted molar refractivity (Wildman–Crippen MR) is 69.7 cm³/mol. The summed E-state index contributed by atoms with van der Waals surface area (Å²) in [6, 6.07) is 5.78. The van der Waals surface area contributed by atoms with E-state index >= 15 is 0 Å². The average molecular weight is 245 g/mol. The maximum Gasteiger partial charge on any atom is 0.497 e. The van der Waals surface area contributed by atoms with Crippen LogP contribution in [-0.2, 0) is 9.31 Å². The fourth-order valence-corrected chi connectivity index (χ4v) is 2.07. The van der Waals surface area contributed by atoms with Crippen LogP contribution >= 0.6 is 0 Å². The van der Waals surface area contributed by atoms with E-state index in [1.54, 1.807) is 0 Å². The Bertz CT molecular complexity index is 575. The lowest BCUT2D eigenvalue weighted by Gasteiger charge is -2.32. The minimum absolute atomic E-state index is 0.344. The van der Waals surface area contributed by atoms with Crippen molar-refractivity contribution in [1.29, 1.82) is 0 Å². The molecule has 5 heteroatoms. The molecule has 1 aliphatic heterocycles. The van der Waals surface area contributed by atoms with Gasteiger partial charge in [0, 0.05) is 5.46 Å². The first kappa shape index (κ1) is 11.7. The van der Waals surface area contributed by atoms with E-state index < -0.39 is 7.12 Å². The van der Waals surface area contributed by atoms with Gasteiger partial charge in [0.2, 0.25) is 0 Å². The van der Waals surface area contributed by atoms with Crippen molar-refractivity contribution in [2.45, 2.75) is 38.9 Å². The second-order valence-electron chi connectivity index (χ2n) is 5.63. The topological polar surface area (TPSA) is 44.5 Å². The van der Waals surface area contributed by atoms with Gasteiger partial charge in [-0.25, -0.2) is 4.98 Å². The number of nitrogens with zero attached hydrogens (tertiary/aromatic N) is 1. The van der Waals surface area contributed by atoms with Gasteiger partial charge in [0.15, 0.2) is 12.0 Å². The number of benzene rings is 1. The predicted octanol–water partition coefficient (Wildman–Crippen LogP) is 2.13. The van der Waals surface area contributed by atoms with E-state index in [4.69, 9.17) is 13.7 Å². The van der Waals surface area contributed by atoms with E-state index in [0.717, 1.165) is 16.6 Å². The van der Waals surface area contributed by atoms with Gasteiger partial charge < -0.3 is 13.7 Å². The Hall–Kier alpha value is -1.33. The van der Waals surface area contributed by atoms with E-state index in [1.165, 1.54) is 6.39 Å². The van der Waals surface area contributed by atoms with Crippen molar-refractivity contribution in [2.24, 2.45) is 0 Å². The summed E-state index contributed by atoms with van der Waals surface area (Å²) in [4.78, 5) is 4.23. The smallest absolute Gasteiger partial charge is 0.444 e. The molecule has 4 nitrogen and oxygen atoms in total. The quantitative estimate of drug-likeness (QED) is 0.722. The minimum Gasteiger partial charge on any atom is -0.444 e. The van der Waals surface area contributed by atoms with Crippen LogP contribution in [0.3, 0.4) is 0 Å². The first-order chi connectivity index (χ1) is 8.41. The maximum absolute atomic E-state index is 6.02. The molecule has 0 aliphatic carbocycles. The summed E-state index contributed by atoms with van der Waals surface area (Å²) in [6.45, 7) is 8.15. The normalized spacial score (nSPS) is 21.7. The molecule has 1 aliphatic rings. The highest BCUT2D eigenvalue weighted by atomic mass is 16.7. The molecule has 2 heterocycles. The third kappa shape index (κ3) is 1.58.